The highest BCUT2D eigenvalue weighted by atomic mass is 35.5. The summed E-state index contributed by atoms with van der Waals surface area (Å²) in [6.45, 7) is 2.86. The standard InChI is InChI=1S/C17H20ClF2N5O/c1-10-11(18)8-12(19)15(14(10)20)22-17(26)25-7-6-23(2)13(9-25)16-21-4-5-24(16)3/h4-5,8,13H,6-7,9H2,1-3H3,(H,22,26). The predicted octanol–water partition coefficient (Wildman–Crippen LogP) is 3.18. The normalized spacial score (nSPS) is 18.2. The highest BCUT2D eigenvalue weighted by molar-refractivity contribution is 6.31. The molecular formula is C17H20ClF2N5O. The summed E-state index contributed by atoms with van der Waals surface area (Å²) in [5.74, 6) is -0.941. The van der Waals surface area contributed by atoms with Crippen LogP contribution in [0.4, 0.5) is 19.3 Å². The Hall–Kier alpha value is -2.19. The molecule has 0 saturated carbocycles. The van der Waals surface area contributed by atoms with E-state index >= 15 is 0 Å². The fraction of sp³-hybridized carbons (Fsp3) is 0.412. The number of aromatic nitrogens is 2. The molecule has 0 spiro atoms. The molecule has 0 radical (unpaired) electrons. The first-order valence-electron chi connectivity index (χ1n) is 8.17. The fourth-order valence-electron chi connectivity index (χ4n) is 3.02. The van der Waals surface area contributed by atoms with Crippen molar-refractivity contribution in [2.45, 2.75) is 13.0 Å². The van der Waals surface area contributed by atoms with Crippen LogP contribution in [0.2, 0.25) is 5.02 Å². The highest BCUT2D eigenvalue weighted by Crippen LogP contribution is 2.29. The molecule has 1 aliphatic heterocycles. The monoisotopic (exact) mass is 383 g/mol. The smallest absolute Gasteiger partial charge is 0.322 e. The maximum absolute atomic E-state index is 14.3. The third-order valence-corrected chi connectivity index (χ3v) is 5.12. The number of halogens is 3. The number of benzene rings is 1. The maximum atomic E-state index is 14.3. The minimum Gasteiger partial charge on any atom is -0.337 e. The Morgan fingerprint density at radius 3 is 2.73 bits per heavy atom. The molecule has 2 amide bonds. The number of nitrogens with one attached hydrogen (secondary N) is 1. The van der Waals surface area contributed by atoms with Crippen LogP contribution in [0.15, 0.2) is 18.5 Å². The highest BCUT2D eigenvalue weighted by Gasteiger charge is 2.31. The summed E-state index contributed by atoms with van der Waals surface area (Å²) in [7, 11) is 3.84. The molecule has 3 rings (SSSR count). The number of aryl methyl sites for hydroxylation is 1. The number of anilines is 1. The average Bonchev–Trinajstić information content (AvgIpc) is 3.03. The predicted molar refractivity (Wildman–Crippen MR) is 95.3 cm³/mol. The summed E-state index contributed by atoms with van der Waals surface area (Å²) in [5.41, 5.74) is -0.392. The molecule has 26 heavy (non-hydrogen) atoms. The van der Waals surface area contributed by atoms with Crippen LogP contribution in [0.5, 0.6) is 0 Å². The van der Waals surface area contributed by atoms with Gasteiger partial charge in [-0.2, -0.15) is 0 Å². The van der Waals surface area contributed by atoms with Gasteiger partial charge in [0.2, 0.25) is 0 Å². The van der Waals surface area contributed by atoms with Crippen LogP contribution in [0, 0.1) is 18.6 Å². The van der Waals surface area contributed by atoms with Gasteiger partial charge < -0.3 is 14.8 Å². The van der Waals surface area contributed by atoms with Gasteiger partial charge in [0.15, 0.2) is 11.6 Å². The number of hydrogen-bond acceptors (Lipinski definition) is 3. The van der Waals surface area contributed by atoms with Gasteiger partial charge in [0.05, 0.1) is 6.04 Å². The van der Waals surface area contributed by atoms with Gasteiger partial charge in [-0.15, -0.1) is 0 Å². The Kier molecular flexibility index (Phi) is 5.15. The molecular weight excluding hydrogens is 364 g/mol. The number of piperazine rings is 1. The second-order valence-corrected chi connectivity index (χ2v) is 6.83. The number of likely N-dealkylation sites (N-methyl/N-ethyl adjacent to an activating group) is 1. The van der Waals surface area contributed by atoms with Crippen LogP contribution in [-0.4, -0.2) is 52.1 Å². The zero-order valence-electron chi connectivity index (χ0n) is 14.8. The lowest BCUT2D eigenvalue weighted by molar-refractivity contribution is 0.110. The van der Waals surface area contributed by atoms with Gasteiger partial charge in [0, 0.05) is 49.7 Å². The van der Waals surface area contributed by atoms with Gasteiger partial charge in [-0.05, 0) is 20.0 Å². The summed E-state index contributed by atoms with van der Waals surface area (Å²) < 4.78 is 30.2. The lowest BCUT2D eigenvalue weighted by Gasteiger charge is -2.38. The molecule has 1 aromatic heterocycles. The molecule has 1 saturated heterocycles. The number of rotatable bonds is 2. The average molecular weight is 384 g/mol. The molecule has 140 valence electrons. The topological polar surface area (TPSA) is 53.4 Å². The second kappa shape index (κ2) is 7.20. The largest absolute Gasteiger partial charge is 0.337 e. The number of imidazole rings is 1. The van der Waals surface area contributed by atoms with Crippen molar-refractivity contribution in [1.82, 2.24) is 19.4 Å². The molecule has 6 nitrogen and oxygen atoms in total. The van der Waals surface area contributed by atoms with Crippen molar-refractivity contribution in [2.75, 3.05) is 32.0 Å². The minimum absolute atomic E-state index is 0.0209. The molecule has 0 aliphatic carbocycles. The number of urea groups is 1. The molecule has 1 atom stereocenters. The third kappa shape index (κ3) is 3.39. The number of carbonyl (C=O) groups excluding carboxylic acids is 1. The SMILES string of the molecule is Cc1c(Cl)cc(F)c(NC(=O)N2CCN(C)C(c3nccn3C)C2)c1F. The summed E-state index contributed by atoms with van der Waals surface area (Å²) in [5, 5.41) is 2.32. The van der Waals surface area contributed by atoms with Crippen molar-refractivity contribution in [2.24, 2.45) is 7.05 Å². The zero-order chi connectivity index (χ0) is 19.0. The van der Waals surface area contributed by atoms with E-state index in [0.29, 0.717) is 19.6 Å². The van der Waals surface area contributed by atoms with Gasteiger partial charge in [0.1, 0.15) is 11.5 Å². The van der Waals surface area contributed by atoms with E-state index in [-0.39, 0.29) is 16.6 Å². The van der Waals surface area contributed by atoms with Gasteiger partial charge in [-0.3, -0.25) is 4.90 Å². The lowest BCUT2D eigenvalue weighted by Crippen LogP contribution is -2.51. The van der Waals surface area contributed by atoms with Gasteiger partial charge >= 0.3 is 6.03 Å². The van der Waals surface area contributed by atoms with Crippen molar-refractivity contribution < 1.29 is 13.6 Å². The van der Waals surface area contributed by atoms with E-state index in [9.17, 15) is 13.6 Å². The van der Waals surface area contributed by atoms with Crippen molar-refractivity contribution in [3.8, 4) is 0 Å². The van der Waals surface area contributed by atoms with E-state index in [1.807, 2.05) is 24.9 Å². The Balaban J connectivity index is 1.79. The van der Waals surface area contributed by atoms with Crippen LogP contribution in [0.3, 0.4) is 0 Å². The summed E-state index contributed by atoms with van der Waals surface area (Å²) >= 11 is 5.77. The maximum Gasteiger partial charge on any atom is 0.322 e. The molecule has 0 bridgehead atoms. The Bertz CT molecular complexity index is 841. The summed E-state index contributed by atoms with van der Waals surface area (Å²) in [6, 6.07) is 0.337. The first-order chi connectivity index (χ1) is 12.3. The number of hydrogen-bond donors (Lipinski definition) is 1. The zero-order valence-corrected chi connectivity index (χ0v) is 15.5. The van der Waals surface area contributed by atoms with E-state index in [0.717, 1.165) is 11.9 Å². The van der Waals surface area contributed by atoms with Crippen LogP contribution < -0.4 is 5.32 Å². The molecule has 1 N–H and O–H groups in total. The van der Waals surface area contributed by atoms with E-state index in [1.165, 1.54) is 11.8 Å². The van der Waals surface area contributed by atoms with Crippen molar-refractivity contribution in [1.29, 1.82) is 0 Å². The summed E-state index contributed by atoms with van der Waals surface area (Å²) in [4.78, 5) is 20.5. The van der Waals surface area contributed by atoms with Crippen molar-refractivity contribution in [3.05, 3.63) is 46.5 Å². The van der Waals surface area contributed by atoms with Crippen LogP contribution >= 0.6 is 11.6 Å². The van der Waals surface area contributed by atoms with E-state index in [1.54, 1.807) is 6.20 Å². The first kappa shape index (κ1) is 18.6. The van der Waals surface area contributed by atoms with Crippen molar-refractivity contribution in [3.63, 3.8) is 0 Å². The van der Waals surface area contributed by atoms with E-state index in [4.69, 9.17) is 11.6 Å². The van der Waals surface area contributed by atoms with Crippen LogP contribution in [-0.2, 0) is 7.05 Å². The molecule has 1 aliphatic rings. The fourth-order valence-corrected chi connectivity index (χ4v) is 3.20. The molecule has 2 heterocycles. The van der Waals surface area contributed by atoms with Gasteiger partial charge in [-0.25, -0.2) is 18.6 Å². The minimum atomic E-state index is -0.902. The lowest BCUT2D eigenvalue weighted by atomic mass is 10.1. The Morgan fingerprint density at radius 1 is 1.35 bits per heavy atom. The third-order valence-electron chi connectivity index (χ3n) is 4.72. The van der Waals surface area contributed by atoms with Gasteiger partial charge in [-0.1, -0.05) is 11.6 Å². The number of carbonyl (C=O) groups is 1. The van der Waals surface area contributed by atoms with Crippen LogP contribution in [0.1, 0.15) is 17.4 Å². The summed E-state index contributed by atoms with van der Waals surface area (Å²) in [6.07, 6.45) is 3.53. The van der Waals surface area contributed by atoms with E-state index < -0.39 is 23.4 Å². The van der Waals surface area contributed by atoms with Crippen molar-refractivity contribution >= 4 is 23.3 Å². The van der Waals surface area contributed by atoms with E-state index in [2.05, 4.69) is 15.2 Å². The molecule has 1 unspecified atom stereocenters. The van der Waals surface area contributed by atoms with Gasteiger partial charge in [0.25, 0.3) is 0 Å². The Morgan fingerprint density at radius 2 is 2.08 bits per heavy atom. The van der Waals surface area contributed by atoms with Crippen LogP contribution in [0.25, 0.3) is 0 Å². The molecule has 2 aromatic rings. The second-order valence-electron chi connectivity index (χ2n) is 6.42. The number of amides is 2. The first-order valence-corrected chi connectivity index (χ1v) is 8.55. The molecule has 9 heteroatoms. The quantitative estimate of drug-likeness (QED) is 0.866. The molecule has 1 aromatic carbocycles. The molecule has 1 fully saturated rings. The Labute approximate surface area is 155 Å². The number of nitrogens with zero attached hydrogens (tertiary/aromatic N) is 4.